The number of aliphatic hydroxyl groups is 1. The van der Waals surface area contributed by atoms with Crippen LogP contribution < -0.4 is 4.74 Å². The van der Waals surface area contributed by atoms with Gasteiger partial charge >= 0.3 is 5.97 Å². The zero-order valence-electron chi connectivity index (χ0n) is 10.9. The molecule has 0 aliphatic rings. The van der Waals surface area contributed by atoms with Crippen LogP contribution in [0, 0.1) is 0 Å². The molecule has 20 heavy (non-hydrogen) atoms. The van der Waals surface area contributed by atoms with Crippen LogP contribution in [0.25, 0.3) is 0 Å². The van der Waals surface area contributed by atoms with E-state index in [0.717, 1.165) is 5.56 Å². The predicted octanol–water partition coefficient (Wildman–Crippen LogP) is 1.59. The summed E-state index contributed by atoms with van der Waals surface area (Å²) in [6.45, 7) is 0.112. The predicted molar refractivity (Wildman–Crippen MR) is 70.7 cm³/mol. The van der Waals surface area contributed by atoms with E-state index in [9.17, 15) is 4.79 Å². The average Bonchev–Trinajstić information content (AvgIpc) is 2.49. The number of rotatable bonds is 5. The summed E-state index contributed by atoms with van der Waals surface area (Å²) in [7, 11) is 1.28. The maximum absolute atomic E-state index is 11.2. The molecule has 104 valence electrons. The number of nitrogens with zero attached hydrogens (tertiary/aromatic N) is 2. The molecule has 1 N–H and O–H groups in total. The third kappa shape index (κ3) is 3.52. The van der Waals surface area contributed by atoms with E-state index < -0.39 is 5.97 Å². The molecule has 0 aliphatic carbocycles. The van der Waals surface area contributed by atoms with Gasteiger partial charge in [0.1, 0.15) is 5.75 Å². The fraction of sp³-hybridized carbons (Fsp3) is 0.214. The summed E-state index contributed by atoms with van der Waals surface area (Å²) in [6.07, 6.45) is 3.25. The molecule has 0 fully saturated rings. The Kier molecular flexibility index (Phi) is 4.62. The maximum Gasteiger partial charge on any atom is 0.358 e. The van der Waals surface area contributed by atoms with E-state index in [1.807, 2.05) is 12.1 Å². The van der Waals surface area contributed by atoms with E-state index in [4.69, 9.17) is 9.84 Å². The average molecular weight is 274 g/mol. The van der Waals surface area contributed by atoms with Crippen molar-refractivity contribution >= 4 is 5.97 Å². The number of ether oxygens (including phenoxy) is 2. The molecule has 0 spiro atoms. The van der Waals surface area contributed by atoms with Crippen molar-refractivity contribution in [1.82, 2.24) is 9.97 Å². The van der Waals surface area contributed by atoms with Gasteiger partial charge in [-0.1, -0.05) is 12.1 Å². The Hall–Kier alpha value is -2.47. The first-order valence-corrected chi connectivity index (χ1v) is 6.01. The second-order valence-corrected chi connectivity index (χ2v) is 3.95. The van der Waals surface area contributed by atoms with Crippen molar-refractivity contribution in [2.45, 2.75) is 6.42 Å². The van der Waals surface area contributed by atoms with E-state index >= 15 is 0 Å². The minimum atomic E-state index is -0.544. The number of carbonyl (C=O) groups is 1. The van der Waals surface area contributed by atoms with Crippen LogP contribution in [0.4, 0.5) is 0 Å². The highest BCUT2D eigenvalue weighted by molar-refractivity contribution is 5.86. The van der Waals surface area contributed by atoms with Gasteiger partial charge in [-0.25, -0.2) is 14.8 Å². The molecule has 1 aromatic heterocycles. The number of hydrogen-bond acceptors (Lipinski definition) is 6. The Morgan fingerprint density at radius 3 is 2.50 bits per heavy atom. The van der Waals surface area contributed by atoms with Crippen LogP contribution >= 0.6 is 0 Å². The van der Waals surface area contributed by atoms with Crippen LogP contribution in [0.1, 0.15) is 16.1 Å². The third-order valence-electron chi connectivity index (χ3n) is 2.57. The van der Waals surface area contributed by atoms with Gasteiger partial charge in [0.15, 0.2) is 5.69 Å². The number of aromatic nitrogens is 2. The third-order valence-corrected chi connectivity index (χ3v) is 2.57. The Morgan fingerprint density at radius 1 is 1.20 bits per heavy atom. The van der Waals surface area contributed by atoms with Crippen molar-refractivity contribution < 1.29 is 19.4 Å². The zero-order chi connectivity index (χ0) is 14.4. The molecule has 0 saturated heterocycles. The van der Waals surface area contributed by atoms with Crippen molar-refractivity contribution in [2.24, 2.45) is 0 Å². The SMILES string of the molecule is COC(=O)c1cnc(Oc2ccc(CCO)cc2)cn1. The van der Waals surface area contributed by atoms with Gasteiger partial charge < -0.3 is 14.6 Å². The van der Waals surface area contributed by atoms with Gasteiger partial charge in [0.25, 0.3) is 0 Å². The minimum absolute atomic E-state index is 0.112. The van der Waals surface area contributed by atoms with Gasteiger partial charge in [0.2, 0.25) is 5.88 Å². The Labute approximate surface area is 116 Å². The molecule has 1 heterocycles. The summed E-state index contributed by atoms with van der Waals surface area (Å²) < 4.78 is 10.0. The molecule has 0 aliphatic heterocycles. The first-order chi connectivity index (χ1) is 9.72. The van der Waals surface area contributed by atoms with Crippen molar-refractivity contribution in [1.29, 1.82) is 0 Å². The largest absolute Gasteiger partial charge is 0.464 e. The molecule has 0 radical (unpaired) electrons. The van der Waals surface area contributed by atoms with Gasteiger partial charge in [-0.2, -0.15) is 0 Å². The summed E-state index contributed by atoms with van der Waals surface area (Å²) in [5.74, 6) is 0.344. The Bertz CT molecular complexity index is 567. The molecule has 0 unspecified atom stereocenters. The molecule has 0 saturated carbocycles. The number of hydrogen-bond donors (Lipinski definition) is 1. The first kappa shape index (κ1) is 14.0. The minimum Gasteiger partial charge on any atom is -0.464 e. The number of methoxy groups -OCH3 is 1. The van der Waals surface area contributed by atoms with Crippen LogP contribution in [-0.4, -0.2) is 34.8 Å². The van der Waals surface area contributed by atoms with E-state index in [1.54, 1.807) is 12.1 Å². The molecule has 0 bridgehead atoms. The number of esters is 1. The molecule has 2 rings (SSSR count). The number of carbonyl (C=O) groups excluding carboxylic acids is 1. The number of aliphatic hydroxyl groups excluding tert-OH is 1. The summed E-state index contributed by atoms with van der Waals surface area (Å²) in [4.78, 5) is 19.1. The van der Waals surface area contributed by atoms with Crippen molar-refractivity contribution in [3.63, 3.8) is 0 Å². The van der Waals surface area contributed by atoms with E-state index in [1.165, 1.54) is 19.5 Å². The fourth-order valence-corrected chi connectivity index (χ4v) is 1.55. The molecule has 0 atom stereocenters. The maximum atomic E-state index is 11.2. The van der Waals surface area contributed by atoms with E-state index in [-0.39, 0.29) is 18.2 Å². The molecule has 2 aromatic rings. The van der Waals surface area contributed by atoms with Crippen molar-refractivity contribution in [3.05, 3.63) is 47.9 Å². The summed E-state index contributed by atoms with van der Waals surface area (Å²) in [6, 6.07) is 7.28. The van der Waals surface area contributed by atoms with Crippen LogP contribution in [-0.2, 0) is 11.2 Å². The van der Waals surface area contributed by atoms with Gasteiger partial charge in [-0.05, 0) is 24.1 Å². The molecular formula is C14H14N2O4. The fourth-order valence-electron chi connectivity index (χ4n) is 1.55. The van der Waals surface area contributed by atoms with Gasteiger partial charge in [-0.15, -0.1) is 0 Å². The van der Waals surface area contributed by atoms with E-state index in [2.05, 4.69) is 14.7 Å². The molecule has 1 aromatic carbocycles. The normalized spacial score (nSPS) is 10.1. The highest BCUT2D eigenvalue weighted by atomic mass is 16.5. The zero-order valence-corrected chi connectivity index (χ0v) is 10.9. The smallest absolute Gasteiger partial charge is 0.358 e. The quantitative estimate of drug-likeness (QED) is 0.834. The highest BCUT2D eigenvalue weighted by Crippen LogP contribution is 2.19. The molecular weight excluding hydrogens is 260 g/mol. The Morgan fingerprint density at radius 2 is 1.95 bits per heavy atom. The second kappa shape index (κ2) is 6.63. The molecule has 0 amide bonds. The summed E-state index contributed by atoms with van der Waals surface area (Å²) in [5.41, 5.74) is 1.14. The second-order valence-electron chi connectivity index (χ2n) is 3.95. The van der Waals surface area contributed by atoms with E-state index in [0.29, 0.717) is 12.2 Å². The van der Waals surface area contributed by atoms with Crippen molar-refractivity contribution in [2.75, 3.05) is 13.7 Å². The lowest BCUT2D eigenvalue weighted by Crippen LogP contribution is -2.04. The highest BCUT2D eigenvalue weighted by Gasteiger charge is 2.08. The molecule has 6 heteroatoms. The monoisotopic (exact) mass is 274 g/mol. The topological polar surface area (TPSA) is 81.5 Å². The lowest BCUT2D eigenvalue weighted by atomic mass is 10.1. The number of benzene rings is 1. The van der Waals surface area contributed by atoms with Gasteiger partial charge in [0, 0.05) is 6.61 Å². The van der Waals surface area contributed by atoms with Crippen LogP contribution in [0.3, 0.4) is 0 Å². The van der Waals surface area contributed by atoms with Gasteiger partial charge in [-0.3, -0.25) is 0 Å². The van der Waals surface area contributed by atoms with Crippen LogP contribution in [0.5, 0.6) is 11.6 Å². The van der Waals surface area contributed by atoms with Crippen LogP contribution in [0.2, 0.25) is 0 Å². The van der Waals surface area contributed by atoms with Gasteiger partial charge in [0.05, 0.1) is 19.5 Å². The summed E-state index contributed by atoms with van der Waals surface area (Å²) in [5, 5.41) is 8.83. The lowest BCUT2D eigenvalue weighted by Gasteiger charge is -2.05. The standard InChI is InChI=1S/C14H14N2O4/c1-19-14(18)12-8-16-13(9-15-12)20-11-4-2-10(3-5-11)6-7-17/h2-5,8-9,17H,6-7H2,1H3. The van der Waals surface area contributed by atoms with Crippen LogP contribution in [0.15, 0.2) is 36.7 Å². The summed E-state index contributed by atoms with van der Waals surface area (Å²) >= 11 is 0. The molecule has 6 nitrogen and oxygen atoms in total. The Balaban J connectivity index is 2.04. The first-order valence-electron chi connectivity index (χ1n) is 6.01. The van der Waals surface area contributed by atoms with Crippen molar-refractivity contribution in [3.8, 4) is 11.6 Å². The lowest BCUT2D eigenvalue weighted by molar-refractivity contribution is 0.0593.